The zero-order chi connectivity index (χ0) is 17.4. The molecule has 0 saturated carbocycles. The molecule has 126 valence electrons. The lowest BCUT2D eigenvalue weighted by Gasteiger charge is -2.27. The molecule has 0 fully saturated rings. The van der Waals surface area contributed by atoms with Gasteiger partial charge in [-0.1, -0.05) is 60.7 Å². The van der Waals surface area contributed by atoms with Crippen molar-refractivity contribution >= 4 is 11.9 Å². The summed E-state index contributed by atoms with van der Waals surface area (Å²) < 4.78 is 10.6. The highest BCUT2D eigenvalue weighted by molar-refractivity contribution is 6.03. The number of carbonyl (C=O) groups excluding carboxylic acids is 1. The van der Waals surface area contributed by atoms with E-state index in [0.717, 1.165) is 5.56 Å². The van der Waals surface area contributed by atoms with Gasteiger partial charge in [0.1, 0.15) is 0 Å². The van der Waals surface area contributed by atoms with Crippen LogP contribution in [0, 0.1) is 0 Å². The van der Waals surface area contributed by atoms with Gasteiger partial charge in [0.05, 0.1) is 13.2 Å². The van der Waals surface area contributed by atoms with Gasteiger partial charge in [-0.2, -0.15) is 0 Å². The van der Waals surface area contributed by atoms with Crippen molar-refractivity contribution < 1.29 is 24.2 Å². The van der Waals surface area contributed by atoms with Crippen LogP contribution in [0.5, 0.6) is 0 Å². The standard InChI is InChI=1S/C19H20O5/c1-2-23-18(22)19(17(20)21,13-15-9-5-3-6-10-15)24-14-16-11-7-4-8-12-16/h3-12H,2,13-14H2,1H3,(H,20,21). The second kappa shape index (κ2) is 8.26. The summed E-state index contributed by atoms with van der Waals surface area (Å²) in [6.07, 6.45) is -0.102. The zero-order valence-corrected chi connectivity index (χ0v) is 13.5. The molecule has 5 nitrogen and oxygen atoms in total. The third-order valence-corrected chi connectivity index (χ3v) is 3.57. The van der Waals surface area contributed by atoms with Gasteiger partial charge in [-0.25, -0.2) is 9.59 Å². The Morgan fingerprint density at radius 3 is 2.00 bits per heavy atom. The molecule has 1 atom stereocenters. The number of carbonyl (C=O) groups is 2. The summed E-state index contributed by atoms with van der Waals surface area (Å²) >= 11 is 0. The molecule has 5 heteroatoms. The van der Waals surface area contributed by atoms with Crippen LogP contribution >= 0.6 is 0 Å². The van der Waals surface area contributed by atoms with Gasteiger partial charge in [0.25, 0.3) is 5.60 Å². The van der Waals surface area contributed by atoms with Crippen LogP contribution in [0.1, 0.15) is 18.1 Å². The number of ether oxygens (including phenoxy) is 2. The number of hydrogen-bond donors (Lipinski definition) is 1. The molecule has 2 aromatic carbocycles. The average molecular weight is 328 g/mol. The van der Waals surface area contributed by atoms with E-state index in [0.29, 0.717) is 5.56 Å². The van der Waals surface area contributed by atoms with Gasteiger partial charge in [0, 0.05) is 6.42 Å². The van der Waals surface area contributed by atoms with Crippen molar-refractivity contribution in [1.29, 1.82) is 0 Å². The molecule has 0 radical (unpaired) electrons. The topological polar surface area (TPSA) is 72.8 Å². The summed E-state index contributed by atoms with van der Waals surface area (Å²) in [5.74, 6) is -2.25. The first-order valence-corrected chi connectivity index (χ1v) is 7.71. The largest absolute Gasteiger partial charge is 0.479 e. The molecule has 0 spiro atoms. The minimum Gasteiger partial charge on any atom is -0.479 e. The lowest BCUT2D eigenvalue weighted by atomic mass is 9.94. The number of hydrogen-bond acceptors (Lipinski definition) is 4. The van der Waals surface area contributed by atoms with E-state index in [1.807, 2.05) is 24.3 Å². The number of benzene rings is 2. The smallest absolute Gasteiger partial charge is 0.350 e. The molecule has 0 aliphatic carbocycles. The molecule has 2 rings (SSSR count). The molecule has 1 unspecified atom stereocenters. The zero-order valence-electron chi connectivity index (χ0n) is 13.5. The summed E-state index contributed by atoms with van der Waals surface area (Å²) in [6.45, 7) is 1.71. The van der Waals surface area contributed by atoms with Crippen molar-refractivity contribution in [3.8, 4) is 0 Å². The van der Waals surface area contributed by atoms with E-state index in [1.165, 1.54) is 0 Å². The highest BCUT2D eigenvalue weighted by Crippen LogP contribution is 2.23. The van der Waals surface area contributed by atoms with Crippen LogP contribution < -0.4 is 0 Å². The van der Waals surface area contributed by atoms with Crippen LogP contribution in [0.2, 0.25) is 0 Å². The first kappa shape index (κ1) is 17.7. The van der Waals surface area contributed by atoms with Crippen molar-refractivity contribution in [3.05, 3.63) is 71.8 Å². The highest BCUT2D eigenvalue weighted by Gasteiger charge is 2.49. The normalized spacial score (nSPS) is 13.0. The quantitative estimate of drug-likeness (QED) is 0.596. The van der Waals surface area contributed by atoms with Crippen molar-refractivity contribution in [1.82, 2.24) is 0 Å². The van der Waals surface area contributed by atoms with Crippen LogP contribution in [-0.4, -0.2) is 29.3 Å². The van der Waals surface area contributed by atoms with Crippen LogP contribution in [-0.2, 0) is 32.1 Å². The van der Waals surface area contributed by atoms with Crippen LogP contribution in [0.15, 0.2) is 60.7 Å². The van der Waals surface area contributed by atoms with Gasteiger partial charge < -0.3 is 14.6 Å². The van der Waals surface area contributed by atoms with Gasteiger partial charge in [0.2, 0.25) is 0 Å². The molecule has 1 N–H and O–H groups in total. The maximum absolute atomic E-state index is 12.4. The fraction of sp³-hybridized carbons (Fsp3) is 0.263. The van der Waals surface area contributed by atoms with Gasteiger partial charge >= 0.3 is 11.9 Å². The van der Waals surface area contributed by atoms with Gasteiger partial charge in [-0.05, 0) is 18.1 Å². The summed E-state index contributed by atoms with van der Waals surface area (Å²) in [6, 6.07) is 18.0. The maximum atomic E-state index is 12.4. The molecule has 0 heterocycles. The minimum atomic E-state index is -2.08. The molecule has 24 heavy (non-hydrogen) atoms. The summed E-state index contributed by atoms with van der Waals surface area (Å²) in [7, 11) is 0. The Morgan fingerprint density at radius 1 is 0.958 bits per heavy atom. The molecule has 0 aliphatic rings. The average Bonchev–Trinajstić information content (AvgIpc) is 2.60. The SMILES string of the molecule is CCOC(=O)C(Cc1ccccc1)(OCc1ccccc1)C(=O)O. The molecule has 0 amide bonds. The Balaban J connectivity index is 2.30. The van der Waals surface area contributed by atoms with E-state index in [9.17, 15) is 14.7 Å². The summed E-state index contributed by atoms with van der Waals surface area (Å²) in [5.41, 5.74) is -0.616. The van der Waals surface area contributed by atoms with E-state index in [-0.39, 0.29) is 19.6 Å². The molecular formula is C19H20O5. The monoisotopic (exact) mass is 328 g/mol. The Labute approximate surface area is 140 Å². The molecular weight excluding hydrogens is 308 g/mol. The van der Waals surface area contributed by atoms with Crippen molar-refractivity contribution in [3.63, 3.8) is 0 Å². The summed E-state index contributed by atoms with van der Waals surface area (Å²) in [4.78, 5) is 24.3. The Bertz CT molecular complexity index is 669. The second-order valence-corrected chi connectivity index (χ2v) is 5.29. The third kappa shape index (κ3) is 4.20. The number of carboxylic acids is 1. The van der Waals surface area contributed by atoms with E-state index >= 15 is 0 Å². The second-order valence-electron chi connectivity index (χ2n) is 5.29. The molecule has 0 saturated heterocycles. The third-order valence-electron chi connectivity index (χ3n) is 3.57. The molecule has 0 aliphatic heterocycles. The Hall–Kier alpha value is -2.66. The van der Waals surface area contributed by atoms with Gasteiger partial charge in [-0.3, -0.25) is 0 Å². The molecule has 0 bridgehead atoms. The van der Waals surface area contributed by atoms with Crippen LogP contribution in [0.3, 0.4) is 0 Å². The van der Waals surface area contributed by atoms with E-state index in [4.69, 9.17) is 9.47 Å². The maximum Gasteiger partial charge on any atom is 0.350 e. The fourth-order valence-electron chi connectivity index (χ4n) is 2.32. The van der Waals surface area contributed by atoms with Gasteiger partial charge in [0.15, 0.2) is 0 Å². The first-order chi connectivity index (χ1) is 11.6. The van der Waals surface area contributed by atoms with Crippen molar-refractivity contribution in [2.45, 2.75) is 25.6 Å². The van der Waals surface area contributed by atoms with Crippen molar-refractivity contribution in [2.24, 2.45) is 0 Å². The van der Waals surface area contributed by atoms with Crippen molar-refractivity contribution in [2.75, 3.05) is 6.61 Å². The molecule has 2 aromatic rings. The fourth-order valence-corrected chi connectivity index (χ4v) is 2.32. The first-order valence-electron chi connectivity index (χ1n) is 7.71. The number of carboxylic acid groups (broad SMARTS) is 1. The predicted octanol–water partition coefficient (Wildman–Crippen LogP) is 2.83. The minimum absolute atomic E-state index is 0.00120. The Morgan fingerprint density at radius 2 is 1.50 bits per heavy atom. The van der Waals surface area contributed by atoms with E-state index < -0.39 is 17.5 Å². The van der Waals surface area contributed by atoms with Crippen LogP contribution in [0.4, 0.5) is 0 Å². The lowest BCUT2D eigenvalue weighted by Crippen LogP contribution is -2.52. The number of esters is 1. The lowest BCUT2D eigenvalue weighted by molar-refractivity contribution is -0.189. The number of aliphatic carboxylic acids is 1. The Kier molecular flexibility index (Phi) is 6.09. The number of rotatable bonds is 8. The predicted molar refractivity (Wildman–Crippen MR) is 88.4 cm³/mol. The van der Waals surface area contributed by atoms with E-state index in [1.54, 1.807) is 43.3 Å². The molecule has 0 aromatic heterocycles. The van der Waals surface area contributed by atoms with E-state index in [2.05, 4.69) is 0 Å². The van der Waals surface area contributed by atoms with Crippen LogP contribution in [0.25, 0.3) is 0 Å². The highest BCUT2D eigenvalue weighted by atomic mass is 16.6. The van der Waals surface area contributed by atoms with Gasteiger partial charge in [-0.15, -0.1) is 0 Å². The summed E-state index contributed by atoms with van der Waals surface area (Å²) in [5, 5.41) is 9.73.